The van der Waals surface area contributed by atoms with E-state index in [1.165, 1.54) is 12.1 Å². The first-order chi connectivity index (χ1) is 11.1. The number of hydrogen-bond donors (Lipinski definition) is 2. The predicted octanol–water partition coefficient (Wildman–Crippen LogP) is 2.50. The second kappa shape index (κ2) is 7.88. The summed E-state index contributed by atoms with van der Waals surface area (Å²) in [6.07, 6.45) is 0.687. The summed E-state index contributed by atoms with van der Waals surface area (Å²) in [5, 5.41) is 16.1. The van der Waals surface area contributed by atoms with Crippen molar-refractivity contribution in [1.29, 1.82) is 0 Å². The molecule has 2 aromatic rings. The van der Waals surface area contributed by atoms with Crippen molar-refractivity contribution in [3.8, 4) is 0 Å². The molecule has 6 nitrogen and oxygen atoms in total. The number of benzene rings is 2. The minimum atomic E-state index is -0.940. The third-order valence-electron chi connectivity index (χ3n) is 3.19. The Kier molecular flexibility index (Phi) is 5.62. The quantitative estimate of drug-likeness (QED) is 0.607. The molecule has 0 radical (unpaired) electrons. The molecule has 23 heavy (non-hydrogen) atoms. The lowest BCUT2D eigenvalue weighted by Crippen LogP contribution is -2.31. The van der Waals surface area contributed by atoms with Gasteiger partial charge in [0.25, 0.3) is 0 Å². The Morgan fingerprint density at radius 2 is 1.87 bits per heavy atom. The summed E-state index contributed by atoms with van der Waals surface area (Å²) in [4.78, 5) is 21.8. The van der Waals surface area contributed by atoms with Gasteiger partial charge in [-0.05, 0) is 24.1 Å². The van der Waals surface area contributed by atoms with Crippen LogP contribution in [0.15, 0.2) is 48.5 Å². The van der Waals surface area contributed by atoms with Gasteiger partial charge in [0.05, 0.1) is 11.5 Å². The number of nitrogens with zero attached hydrogens (tertiary/aromatic N) is 1. The molecule has 0 bridgehead atoms. The van der Waals surface area contributed by atoms with Crippen molar-refractivity contribution in [2.24, 2.45) is 0 Å². The summed E-state index contributed by atoms with van der Waals surface area (Å²) in [6, 6.07) is 13.4. The number of para-hydroxylation sites is 1. The maximum absolute atomic E-state index is 13.4. The van der Waals surface area contributed by atoms with Gasteiger partial charge >= 0.3 is 5.69 Å². The number of carbonyl (C=O) groups excluding carboxylic acids is 1. The van der Waals surface area contributed by atoms with Crippen molar-refractivity contribution >= 4 is 17.3 Å². The Hall–Kier alpha value is -2.96. The zero-order valence-corrected chi connectivity index (χ0v) is 12.3. The van der Waals surface area contributed by atoms with Crippen LogP contribution in [-0.2, 0) is 11.2 Å². The van der Waals surface area contributed by atoms with Crippen LogP contribution in [0.4, 0.5) is 15.8 Å². The van der Waals surface area contributed by atoms with E-state index in [-0.39, 0.29) is 18.1 Å². The van der Waals surface area contributed by atoms with Gasteiger partial charge in [-0.1, -0.05) is 36.4 Å². The van der Waals surface area contributed by atoms with E-state index < -0.39 is 16.4 Å². The minimum Gasteiger partial charge on any atom is -0.370 e. The number of anilines is 1. The maximum atomic E-state index is 13.4. The van der Waals surface area contributed by atoms with E-state index in [4.69, 9.17) is 0 Å². The smallest absolute Gasteiger partial charge is 0.327 e. The summed E-state index contributed by atoms with van der Waals surface area (Å²) in [6.45, 7) is 0.287. The number of amides is 1. The topological polar surface area (TPSA) is 84.3 Å². The van der Waals surface area contributed by atoms with Gasteiger partial charge in [-0.15, -0.1) is 0 Å². The van der Waals surface area contributed by atoms with E-state index in [0.717, 1.165) is 11.6 Å². The van der Waals surface area contributed by atoms with Crippen molar-refractivity contribution in [3.05, 3.63) is 70.0 Å². The SMILES string of the molecule is O=C(CNc1cccc(F)c1[N+](=O)[O-])NCCc1ccccc1. The molecule has 0 saturated heterocycles. The Morgan fingerprint density at radius 3 is 2.57 bits per heavy atom. The van der Waals surface area contributed by atoms with Crippen LogP contribution in [0.5, 0.6) is 0 Å². The number of carbonyl (C=O) groups is 1. The molecule has 7 heteroatoms. The normalized spacial score (nSPS) is 10.1. The third kappa shape index (κ3) is 4.77. The van der Waals surface area contributed by atoms with Crippen molar-refractivity contribution < 1.29 is 14.1 Å². The molecule has 1 amide bonds. The molecule has 2 N–H and O–H groups in total. The van der Waals surface area contributed by atoms with Gasteiger partial charge in [0.2, 0.25) is 11.7 Å². The average Bonchev–Trinajstić information content (AvgIpc) is 2.53. The Bertz CT molecular complexity index is 692. The molecule has 0 saturated carbocycles. The summed E-state index contributed by atoms with van der Waals surface area (Å²) in [5.74, 6) is -1.26. The Balaban J connectivity index is 1.83. The molecule has 0 aliphatic heterocycles. The first kappa shape index (κ1) is 16.4. The van der Waals surface area contributed by atoms with Crippen LogP contribution in [0.25, 0.3) is 0 Å². The minimum absolute atomic E-state index is 0.0202. The van der Waals surface area contributed by atoms with E-state index in [0.29, 0.717) is 13.0 Å². The largest absolute Gasteiger partial charge is 0.370 e. The molecule has 2 aromatic carbocycles. The van der Waals surface area contributed by atoms with Gasteiger partial charge in [0, 0.05) is 6.54 Å². The Labute approximate surface area is 132 Å². The zero-order valence-electron chi connectivity index (χ0n) is 12.3. The van der Waals surface area contributed by atoms with Gasteiger partial charge < -0.3 is 10.6 Å². The number of nitro benzene ring substituents is 1. The fraction of sp³-hybridized carbons (Fsp3) is 0.188. The lowest BCUT2D eigenvalue weighted by Gasteiger charge is -2.08. The summed E-state index contributed by atoms with van der Waals surface area (Å²) in [7, 11) is 0. The van der Waals surface area contributed by atoms with Crippen LogP contribution in [0.1, 0.15) is 5.56 Å². The number of nitro groups is 1. The molecule has 0 aromatic heterocycles. The molecule has 0 unspecified atom stereocenters. The van der Waals surface area contributed by atoms with Gasteiger partial charge in [0.1, 0.15) is 5.69 Å². The van der Waals surface area contributed by atoms with Crippen molar-refractivity contribution in [1.82, 2.24) is 5.32 Å². The summed E-state index contributed by atoms with van der Waals surface area (Å²) < 4.78 is 13.4. The fourth-order valence-corrected chi connectivity index (χ4v) is 2.07. The molecule has 0 heterocycles. The number of hydrogen-bond acceptors (Lipinski definition) is 4. The number of halogens is 1. The standard InChI is InChI=1S/C16H16FN3O3/c17-13-7-4-8-14(16(13)20(22)23)19-11-15(21)18-10-9-12-5-2-1-3-6-12/h1-8,19H,9-11H2,(H,18,21). The monoisotopic (exact) mass is 317 g/mol. The summed E-state index contributed by atoms with van der Waals surface area (Å²) in [5.41, 5.74) is 0.416. The second-order valence-corrected chi connectivity index (χ2v) is 4.83. The highest BCUT2D eigenvalue weighted by Crippen LogP contribution is 2.26. The molecular weight excluding hydrogens is 301 g/mol. The van der Waals surface area contributed by atoms with Crippen LogP contribution >= 0.6 is 0 Å². The molecule has 0 atom stereocenters. The van der Waals surface area contributed by atoms with Gasteiger partial charge in [-0.3, -0.25) is 14.9 Å². The molecule has 0 fully saturated rings. The zero-order chi connectivity index (χ0) is 16.7. The molecule has 120 valence electrons. The average molecular weight is 317 g/mol. The molecule has 0 spiro atoms. The number of rotatable bonds is 7. The third-order valence-corrected chi connectivity index (χ3v) is 3.19. The van der Waals surface area contributed by atoms with E-state index in [1.807, 2.05) is 30.3 Å². The van der Waals surface area contributed by atoms with Crippen molar-refractivity contribution in [2.75, 3.05) is 18.4 Å². The molecular formula is C16H16FN3O3. The van der Waals surface area contributed by atoms with E-state index in [1.54, 1.807) is 0 Å². The van der Waals surface area contributed by atoms with Crippen molar-refractivity contribution in [2.45, 2.75) is 6.42 Å². The predicted molar refractivity (Wildman–Crippen MR) is 84.7 cm³/mol. The van der Waals surface area contributed by atoms with Crippen LogP contribution in [0.2, 0.25) is 0 Å². The second-order valence-electron chi connectivity index (χ2n) is 4.83. The Morgan fingerprint density at radius 1 is 1.13 bits per heavy atom. The lowest BCUT2D eigenvalue weighted by molar-refractivity contribution is -0.386. The highest BCUT2D eigenvalue weighted by Gasteiger charge is 2.19. The van der Waals surface area contributed by atoms with Gasteiger partial charge in [0.15, 0.2) is 0 Å². The summed E-state index contributed by atoms with van der Waals surface area (Å²) >= 11 is 0. The molecule has 2 rings (SSSR count). The van der Waals surface area contributed by atoms with Crippen LogP contribution in [-0.4, -0.2) is 23.9 Å². The fourth-order valence-electron chi connectivity index (χ4n) is 2.07. The van der Waals surface area contributed by atoms with Crippen LogP contribution in [0.3, 0.4) is 0 Å². The van der Waals surface area contributed by atoms with Crippen LogP contribution < -0.4 is 10.6 Å². The first-order valence-electron chi connectivity index (χ1n) is 7.05. The van der Waals surface area contributed by atoms with Gasteiger partial charge in [-0.2, -0.15) is 4.39 Å². The van der Waals surface area contributed by atoms with E-state index in [9.17, 15) is 19.3 Å². The highest BCUT2D eigenvalue weighted by atomic mass is 19.1. The first-order valence-corrected chi connectivity index (χ1v) is 7.05. The van der Waals surface area contributed by atoms with E-state index >= 15 is 0 Å². The highest BCUT2D eigenvalue weighted by molar-refractivity contribution is 5.81. The van der Waals surface area contributed by atoms with E-state index in [2.05, 4.69) is 10.6 Å². The van der Waals surface area contributed by atoms with Gasteiger partial charge in [-0.25, -0.2) is 0 Å². The molecule has 0 aliphatic rings. The van der Waals surface area contributed by atoms with Crippen molar-refractivity contribution in [3.63, 3.8) is 0 Å². The maximum Gasteiger partial charge on any atom is 0.327 e. The number of nitrogens with one attached hydrogen (secondary N) is 2. The molecule has 0 aliphatic carbocycles. The van der Waals surface area contributed by atoms with Crippen LogP contribution in [0, 0.1) is 15.9 Å². The lowest BCUT2D eigenvalue weighted by atomic mass is 10.1.